The molecule has 0 spiro atoms. The topological polar surface area (TPSA) is 39.2 Å². The summed E-state index contributed by atoms with van der Waals surface area (Å²) in [4.78, 5) is 16.4. The van der Waals surface area contributed by atoms with E-state index in [0.29, 0.717) is 17.7 Å². The molecule has 9 heteroatoms. The number of ketones is 1. The van der Waals surface area contributed by atoms with E-state index in [-0.39, 0.29) is 17.8 Å². The minimum atomic E-state index is -5.02. The predicted octanol–water partition coefficient (Wildman–Crippen LogP) is 6.59. The lowest BCUT2D eigenvalue weighted by molar-refractivity contribution is -0.150. The molecule has 2 bridgehead atoms. The first-order valence-electron chi connectivity index (χ1n) is 11.3. The highest BCUT2D eigenvalue weighted by Gasteiger charge is 2.61. The number of carbonyl (C=O) groups is 1. The molecule has 0 radical (unpaired) electrons. The first-order chi connectivity index (χ1) is 16.2. The summed E-state index contributed by atoms with van der Waals surface area (Å²) in [7, 11) is 0. The highest BCUT2D eigenvalue weighted by Crippen LogP contribution is 2.59. The molecule has 0 amide bonds. The Labute approximate surface area is 198 Å². The van der Waals surface area contributed by atoms with Crippen LogP contribution in [-0.4, -0.2) is 23.0 Å². The number of aryl methyl sites for hydroxylation is 3. The molecule has 2 fully saturated rings. The first kappa shape index (κ1) is 24.0. The number of hydrogen-bond acceptors (Lipinski definition) is 3. The SMILES string of the molecule is CC1=C(c2c(C)cc(C)cc2C)C(=O)[C@H]2C3CC(c4cc(C(F)(F)F)nc(C(F)(F)F)c4)C(O3)[C@@H]12. The fourth-order valence-corrected chi connectivity index (χ4v) is 6.39. The van der Waals surface area contributed by atoms with E-state index in [1.165, 1.54) is 0 Å². The normalized spacial score (nSPS) is 28.3. The lowest BCUT2D eigenvalue weighted by Crippen LogP contribution is -2.33. The van der Waals surface area contributed by atoms with Gasteiger partial charge in [-0.05, 0) is 68.5 Å². The Morgan fingerprint density at radius 2 is 1.40 bits per heavy atom. The van der Waals surface area contributed by atoms with Crippen molar-refractivity contribution in [3.63, 3.8) is 0 Å². The van der Waals surface area contributed by atoms with Crippen LogP contribution in [0.1, 0.15) is 58.5 Å². The Bertz CT molecular complexity index is 1220. The fraction of sp³-hybridized carbons (Fsp3) is 0.462. The number of alkyl halides is 6. The average molecular weight is 495 g/mol. The second kappa shape index (κ2) is 7.66. The van der Waals surface area contributed by atoms with Crippen molar-refractivity contribution >= 4 is 11.4 Å². The number of rotatable bonds is 2. The number of benzene rings is 1. The Hall–Kier alpha value is -2.68. The third kappa shape index (κ3) is 3.70. The maximum atomic E-state index is 13.5. The summed E-state index contributed by atoms with van der Waals surface area (Å²) in [6.07, 6.45) is -11.1. The minimum Gasteiger partial charge on any atom is -0.373 e. The van der Waals surface area contributed by atoms with Gasteiger partial charge in [0, 0.05) is 17.4 Å². The van der Waals surface area contributed by atoms with Gasteiger partial charge in [-0.15, -0.1) is 0 Å². The summed E-state index contributed by atoms with van der Waals surface area (Å²) in [6, 6.07) is 5.35. The number of fused-ring (bicyclic) bond motifs is 5. The van der Waals surface area contributed by atoms with Crippen LogP contribution >= 0.6 is 0 Å². The molecular weight excluding hydrogens is 472 g/mol. The van der Waals surface area contributed by atoms with Gasteiger partial charge >= 0.3 is 12.4 Å². The van der Waals surface area contributed by atoms with E-state index in [2.05, 4.69) is 4.98 Å². The van der Waals surface area contributed by atoms with Gasteiger partial charge in [-0.1, -0.05) is 23.3 Å². The molecule has 3 unspecified atom stereocenters. The zero-order valence-electron chi connectivity index (χ0n) is 19.4. The molecule has 3 heterocycles. The van der Waals surface area contributed by atoms with Crippen LogP contribution in [0, 0.1) is 32.6 Å². The lowest BCUT2D eigenvalue weighted by Gasteiger charge is -2.29. The molecule has 186 valence electrons. The standard InChI is InChI=1S/C26H23F6NO2/c1-10-5-11(2)19(12(3)6-10)20-13(4)21-22(23(20)34)16-9-15(24(21)35-16)14-7-17(25(27,28)29)33-18(8-14)26(30,31)32/h5-8,15-16,21-22,24H,9H2,1-4H3/t15?,16?,21-,22-,24?/m0/s1. The maximum Gasteiger partial charge on any atom is 0.433 e. The van der Waals surface area contributed by atoms with Gasteiger partial charge in [-0.25, -0.2) is 4.98 Å². The van der Waals surface area contributed by atoms with E-state index < -0.39 is 53.7 Å². The third-order valence-corrected chi connectivity index (χ3v) is 7.58. The van der Waals surface area contributed by atoms with Crippen LogP contribution in [0.5, 0.6) is 0 Å². The predicted molar refractivity (Wildman–Crippen MR) is 115 cm³/mol. The van der Waals surface area contributed by atoms with Crippen molar-refractivity contribution in [3.05, 3.63) is 69.0 Å². The van der Waals surface area contributed by atoms with Crippen LogP contribution in [0.25, 0.3) is 5.57 Å². The summed E-state index contributed by atoms with van der Waals surface area (Å²) in [5.74, 6) is -1.63. The van der Waals surface area contributed by atoms with Crippen molar-refractivity contribution in [1.82, 2.24) is 4.98 Å². The number of allylic oxidation sites excluding steroid dienone is 1. The third-order valence-electron chi connectivity index (χ3n) is 7.58. The van der Waals surface area contributed by atoms with E-state index in [9.17, 15) is 31.1 Å². The molecule has 5 atom stereocenters. The van der Waals surface area contributed by atoms with E-state index in [0.717, 1.165) is 27.8 Å². The smallest absolute Gasteiger partial charge is 0.373 e. The molecule has 2 aromatic rings. The molecule has 1 aliphatic carbocycles. The van der Waals surface area contributed by atoms with Gasteiger partial charge in [0.15, 0.2) is 5.78 Å². The van der Waals surface area contributed by atoms with Gasteiger partial charge in [0.05, 0.1) is 18.1 Å². The molecule has 2 saturated heterocycles. The van der Waals surface area contributed by atoms with Crippen LogP contribution in [0.3, 0.4) is 0 Å². The maximum absolute atomic E-state index is 13.5. The van der Waals surface area contributed by atoms with Crippen LogP contribution < -0.4 is 0 Å². The van der Waals surface area contributed by atoms with Crippen LogP contribution in [0.4, 0.5) is 26.3 Å². The second-order valence-corrected chi connectivity index (χ2v) is 9.90. The number of pyridine rings is 1. The Morgan fingerprint density at radius 1 is 0.857 bits per heavy atom. The van der Waals surface area contributed by atoms with E-state index >= 15 is 0 Å². The van der Waals surface area contributed by atoms with Crippen LogP contribution in [0.15, 0.2) is 29.8 Å². The van der Waals surface area contributed by atoms with Crippen molar-refractivity contribution < 1.29 is 35.9 Å². The highest BCUT2D eigenvalue weighted by molar-refractivity contribution is 6.26. The van der Waals surface area contributed by atoms with Gasteiger partial charge in [0.25, 0.3) is 0 Å². The van der Waals surface area contributed by atoms with Crippen molar-refractivity contribution in [1.29, 1.82) is 0 Å². The molecule has 0 saturated carbocycles. The van der Waals surface area contributed by atoms with Crippen molar-refractivity contribution in [3.8, 4) is 0 Å². The van der Waals surface area contributed by atoms with Crippen molar-refractivity contribution in [2.24, 2.45) is 11.8 Å². The van der Waals surface area contributed by atoms with Gasteiger partial charge in [-0.2, -0.15) is 26.3 Å². The second-order valence-electron chi connectivity index (χ2n) is 9.90. The Balaban J connectivity index is 1.58. The number of nitrogens with zero attached hydrogens (tertiary/aromatic N) is 1. The molecule has 0 N–H and O–H groups in total. The van der Waals surface area contributed by atoms with Gasteiger partial charge in [0.2, 0.25) is 0 Å². The summed E-state index contributed by atoms with van der Waals surface area (Å²) >= 11 is 0. The largest absolute Gasteiger partial charge is 0.433 e. The molecule has 2 aliphatic heterocycles. The fourth-order valence-electron chi connectivity index (χ4n) is 6.39. The van der Waals surface area contributed by atoms with Crippen molar-refractivity contribution in [2.75, 3.05) is 0 Å². The summed E-state index contributed by atoms with van der Waals surface area (Å²) < 4.78 is 86.2. The van der Waals surface area contributed by atoms with Gasteiger partial charge in [0.1, 0.15) is 11.4 Å². The lowest BCUT2D eigenvalue weighted by atomic mass is 9.71. The number of hydrogen-bond donors (Lipinski definition) is 0. The molecule has 5 rings (SSSR count). The van der Waals surface area contributed by atoms with Crippen LogP contribution in [-0.2, 0) is 21.9 Å². The number of Topliss-reactive ketones (excluding diaryl/α,β-unsaturated/α-hetero) is 1. The molecular formula is C26H23F6NO2. The zero-order chi connectivity index (χ0) is 25.6. The summed E-state index contributed by atoms with van der Waals surface area (Å²) in [5.41, 5.74) is 1.94. The molecule has 3 nitrogen and oxygen atoms in total. The van der Waals surface area contributed by atoms with E-state index in [4.69, 9.17) is 4.74 Å². The number of carbonyl (C=O) groups excluding carboxylic acids is 1. The van der Waals surface area contributed by atoms with Crippen LogP contribution in [0.2, 0.25) is 0 Å². The Kier molecular flexibility index (Phi) is 5.26. The first-order valence-corrected chi connectivity index (χ1v) is 11.3. The average Bonchev–Trinajstić information content (AvgIpc) is 3.39. The van der Waals surface area contributed by atoms with E-state index in [1.807, 2.05) is 39.8 Å². The number of halogens is 6. The van der Waals surface area contributed by atoms with Gasteiger partial charge < -0.3 is 4.74 Å². The summed E-state index contributed by atoms with van der Waals surface area (Å²) in [5, 5.41) is 0. The minimum absolute atomic E-state index is 0.0600. The Morgan fingerprint density at radius 3 is 1.91 bits per heavy atom. The molecule has 1 aromatic heterocycles. The molecule has 1 aromatic carbocycles. The summed E-state index contributed by atoms with van der Waals surface area (Å²) in [6.45, 7) is 7.65. The van der Waals surface area contributed by atoms with Gasteiger partial charge in [-0.3, -0.25) is 4.79 Å². The van der Waals surface area contributed by atoms with E-state index in [1.54, 1.807) is 0 Å². The molecule has 35 heavy (non-hydrogen) atoms. The molecule has 3 aliphatic rings. The van der Waals surface area contributed by atoms with Crippen molar-refractivity contribution in [2.45, 2.75) is 64.6 Å². The monoisotopic (exact) mass is 495 g/mol. The zero-order valence-corrected chi connectivity index (χ0v) is 19.4. The number of aromatic nitrogens is 1. The number of ether oxygens (including phenoxy) is 1. The highest BCUT2D eigenvalue weighted by atomic mass is 19.4. The quantitative estimate of drug-likeness (QED) is 0.442.